The Balaban J connectivity index is 1.76. The van der Waals surface area contributed by atoms with Crippen molar-refractivity contribution in [2.75, 3.05) is 7.11 Å². The van der Waals surface area contributed by atoms with E-state index in [0.717, 1.165) is 46.6 Å². The van der Waals surface area contributed by atoms with E-state index in [1.165, 1.54) is 12.8 Å². The van der Waals surface area contributed by atoms with Crippen LogP contribution in [-0.2, 0) is 0 Å². The molecule has 1 saturated carbocycles. The molecule has 142 valence electrons. The van der Waals surface area contributed by atoms with Crippen LogP contribution < -0.4 is 9.47 Å². The maximum absolute atomic E-state index is 6.31. The van der Waals surface area contributed by atoms with Gasteiger partial charge in [0.05, 0.1) is 13.2 Å². The largest absolute Gasteiger partial charge is 0.493 e. The van der Waals surface area contributed by atoms with Crippen LogP contribution in [0, 0.1) is 0 Å². The predicted octanol–water partition coefficient (Wildman–Crippen LogP) is 6.00. The number of methoxy groups -OCH3 is 1. The molecule has 0 atom stereocenters. The lowest BCUT2D eigenvalue weighted by atomic mass is 9.95. The number of ether oxygens (including phenoxy) is 2. The van der Waals surface area contributed by atoms with Gasteiger partial charge in [-0.15, -0.1) is 0 Å². The number of benzene rings is 2. The van der Waals surface area contributed by atoms with Crippen molar-refractivity contribution in [2.24, 2.45) is 0 Å². The third kappa shape index (κ3) is 4.25. The number of pyridine rings is 1. The minimum Gasteiger partial charge on any atom is -0.493 e. The van der Waals surface area contributed by atoms with E-state index >= 15 is 0 Å². The van der Waals surface area contributed by atoms with Gasteiger partial charge in [-0.1, -0.05) is 36.4 Å². The van der Waals surface area contributed by atoms with Crippen molar-refractivity contribution in [3.05, 3.63) is 89.7 Å². The molecule has 3 aromatic rings. The van der Waals surface area contributed by atoms with Crippen LogP contribution in [0.25, 0.3) is 11.6 Å². The lowest BCUT2D eigenvalue weighted by Crippen LogP contribution is -2.11. The van der Waals surface area contributed by atoms with E-state index in [1.807, 2.05) is 36.7 Å². The van der Waals surface area contributed by atoms with Crippen LogP contribution in [0.3, 0.4) is 0 Å². The van der Waals surface area contributed by atoms with Crippen molar-refractivity contribution in [3.8, 4) is 11.5 Å². The molecule has 1 aliphatic carbocycles. The molecule has 0 aliphatic heterocycles. The summed E-state index contributed by atoms with van der Waals surface area (Å²) in [5, 5.41) is 0. The van der Waals surface area contributed by atoms with Crippen molar-refractivity contribution in [3.63, 3.8) is 0 Å². The second-order valence-corrected chi connectivity index (χ2v) is 7.09. The lowest BCUT2D eigenvalue weighted by Gasteiger charge is -2.18. The van der Waals surface area contributed by atoms with E-state index in [1.54, 1.807) is 7.11 Å². The average molecular weight is 371 g/mol. The van der Waals surface area contributed by atoms with Gasteiger partial charge in [0.15, 0.2) is 11.5 Å². The van der Waals surface area contributed by atoms with Crippen molar-refractivity contribution < 1.29 is 9.47 Å². The van der Waals surface area contributed by atoms with Gasteiger partial charge in [0.1, 0.15) is 0 Å². The van der Waals surface area contributed by atoms with E-state index in [9.17, 15) is 0 Å². The number of hydrogen-bond donors (Lipinski definition) is 0. The van der Waals surface area contributed by atoms with Gasteiger partial charge in [-0.2, -0.15) is 0 Å². The number of hydrogen-bond acceptors (Lipinski definition) is 3. The standard InChI is InChI=1S/C25H25NO2/c1-27-24-12-11-21(18-25(24)28-22-9-5-6-10-22)23(20-7-3-2-4-8-20)17-19-13-15-26-16-14-19/h2-4,7-8,11-18,22H,5-6,9-10H2,1H3/b23-17+. The molecule has 0 amide bonds. The molecular weight excluding hydrogens is 346 g/mol. The number of nitrogens with zero attached hydrogens (tertiary/aromatic N) is 1. The van der Waals surface area contributed by atoms with Crippen LogP contribution in [0.15, 0.2) is 73.1 Å². The Morgan fingerprint density at radius 3 is 2.36 bits per heavy atom. The molecule has 28 heavy (non-hydrogen) atoms. The molecule has 3 nitrogen and oxygen atoms in total. The highest BCUT2D eigenvalue weighted by molar-refractivity contribution is 5.91. The van der Waals surface area contributed by atoms with Crippen molar-refractivity contribution >= 4 is 11.6 Å². The van der Waals surface area contributed by atoms with Crippen molar-refractivity contribution in [1.29, 1.82) is 0 Å². The highest BCUT2D eigenvalue weighted by Gasteiger charge is 2.19. The highest BCUT2D eigenvalue weighted by Crippen LogP contribution is 2.36. The fourth-order valence-corrected chi connectivity index (χ4v) is 3.70. The zero-order valence-electron chi connectivity index (χ0n) is 16.2. The summed E-state index contributed by atoms with van der Waals surface area (Å²) < 4.78 is 11.9. The fraction of sp³-hybridized carbons (Fsp3) is 0.240. The third-order valence-corrected chi connectivity index (χ3v) is 5.17. The van der Waals surface area contributed by atoms with E-state index in [4.69, 9.17) is 9.47 Å². The molecular formula is C25H25NO2. The van der Waals surface area contributed by atoms with Crippen LogP contribution >= 0.6 is 0 Å². The summed E-state index contributed by atoms with van der Waals surface area (Å²) in [7, 11) is 1.70. The van der Waals surface area contributed by atoms with Gasteiger partial charge in [0, 0.05) is 12.4 Å². The molecule has 1 aromatic heterocycles. The maximum atomic E-state index is 6.31. The Bertz CT molecular complexity index is 929. The molecule has 0 N–H and O–H groups in total. The minimum atomic E-state index is 0.286. The normalized spacial score (nSPS) is 14.8. The van der Waals surface area contributed by atoms with Gasteiger partial charge in [-0.3, -0.25) is 4.98 Å². The molecule has 0 unspecified atom stereocenters. The van der Waals surface area contributed by atoms with Gasteiger partial charge >= 0.3 is 0 Å². The Morgan fingerprint density at radius 2 is 1.64 bits per heavy atom. The summed E-state index contributed by atoms with van der Waals surface area (Å²) in [4.78, 5) is 4.13. The molecule has 4 rings (SSSR count). The first-order chi connectivity index (χ1) is 13.8. The first kappa shape index (κ1) is 18.3. The van der Waals surface area contributed by atoms with Crippen LogP contribution in [0.5, 0.6) is 11.5 Å². The summed E-state index contributed by atoms with van der Waals surface area (Å²) in [6, 6.07) is 20.7. The smallest absolute Gasteiger partial charge is 0.162 e. The van der Waals surface area contributed by atoms with Crippen LogP contribution in [0.2, 0.25) is 0 Å². The van der Waals surface area contributed by atoms with E-state index in [-0.39, 0.29) is 6.10 Å². The third-order valence-electron chi connectivity index (χ3n) is 5.17. The van der Waals surface area contributed by atoms with Crippen molar-refractivity contribution in [1.82, 2.24) is 4.98 Å². The SMILES string of the molecule is COc1ccc(/C(=C/c2ccncc2)c2ccccc2)cc1OC1CCCC1. The molecule has 1 fully saturated rings. The summed E-state index contributed by atoms with van der Waals surface area (Å²) >= 11 is 0. The first-order valence-electron chi connectivity index (χ1n) is 9.86. The first-order valence-corrected chi connectivity index (χ1v) is 9.86. The molecule has 3 heteroatoms. The average Bonchev–Trinajstić information content (AvgIpc) is 3.26. The molecule has 1 heterocycles. The molecule has 2 aromatic carbocycles. The number of aromatic nitrogens is 1. The Hall–Kier alpha value is -3.07. The summed E-state index contributed by atoms with van der Waals surface area (Å²) in [6.07, 6.45) is 10.8. The topological polar surface area (TPSA) is 31.4 Å². The fourth-order valence-electron chi connectivity index (χ4n) is 3.70. The van der Waals surface area contributed by atoms with Crippen LogP contribution in [-0.4, -0.2) is 18.2 Å². The van der Waals surface area contributed by atoms with Crippen molar-refractivity contribution in [2.45, 2.75) is 31.8 Å². The van der Waals surface area contributed by atoms with E-state index in [2.05, 4.69) is 47.5 Å². The molecule has 0 spiro atoms. The predicted molar refractivity (Wildman–Crippen MR) is 114 cm³/mol. The molecule has 0 bridgehead atoms. The van der Waals surface area contributed by atoms with Gasteiger partial charge in [0.2, 0.25) is 0 Å². The summed E-state index contributed by atoms with van der Waals surface area (Å²) in [5.74, 6) is 1.61. The Labute approximate surface area is 166 Å². The molecule has 0 saturated heterocycles. The Kier molecular flexibility index (Phi) is 5.72. The van der Waals surface area contributed by atoms with Gasteiger partial charge < -0.3 is 9.47 Å². The van der Waals surface area contributed by atoms with Gasteiger partial charge in [-0.05, 0) is 78.3 Å². The van der Waals surface area contributed by atoms with Gasteiger partial charge in [0.25, 0.3) is 0 Å². The highest BCUT2D eigenvalue weighted by atomic mass is 16.5. The van der Waals surface area contributed by atoms with Gasteiger partial charge in [-0.25, -0.2) is 0 Å². The van der Waals surface area contributed by atoms with E-state index < -0.39 is 0 Å². The summed E-state index contributed by atoms with van der Waals surface area (Å²) in [6.45, 7) is 0. The quantitative estimate of drug-likeness (QED) is 0.532. The molecule has 0 radical (unpaired) electrons. The van der Waals surface area contributed by atoms with Crippen LogP contribution in [0.4, 0.5) is 0 Å². The number of rotatable bonds is 6. The monoisotopic (exact) mass is 371 g/mol. The summed E-state index contributed by atoms with van der Waals surface area (Å²) in [5.41, 5.74) is 4.53. The van der Waals surface area contributed by atoms with Crippen LogP contribution in [0.1, 0.15) is 42.4 Å². The zero-order valence-corrected chi connectivity index (χ0v) is 16.2. The second kappa shape index (κ2) is 8.75. The zero-order chi connectivity index (χ0) is 19.2. The van der Waals surface area contributed by atoms with E-state index in [0.29, 0.717) is 0 Å². The molecule has 1 aliphatic rings. The lowest BCUT2D eigenvalue weighted by molar-refractivity contribution is 0.201. The maximum Gasteiger partial charge on any atom is 0.162 e. The second-order valence-electron chi connectivity index (χ2n) is 7.09. The minimum absolute atomic E-state index is 0.286. The Morgan fingerprint density at radius 1 is 0.893 bits per heavy atom.